The zero-order valence-corrected chi connectivity index (χ0v) is 16.1. The molecule has 0 aliphatic heterocycles. The number of anilines is 2. The fourth-order valence-corrected chi connectivity index (χ4v) is 3.83. The van der Waals surface area contributed by atoms with Crippen LogP contribution in [-0.2, 0) is 17.8 Å². The average molecular weight is 396 g/mol. The zero-order valence-electron chi connectivity index (χ0n) is 15.3. The van der Waals surface area contributed by atoms with E-state index in [2.05, 4.69) is 26.1 Å². The minimum Gasteiger partial charge on any atom is -0.383 e. The number of aromatic nitrogens is 5. The summed E-state index contributed by atoms with van der Waals surface area (Å²) in [7, 11) is 1.66. The van der Waals surface area contributed by atoms with Crippen LogP contribution in [0.25, 0.3) is 21.3 Å². The molecule has 4 aromatic heterocycles. The second kappa shape index (κ2) is 7.89. The van der Waals surface area contributed by atoms with Gasteiger partial charge in [0.1, 0.15) is 0 Å². The van der Waals surface area contributed by atoms with Gasteiger partial charge in [0.2, 0.25) is 0 Å². The highest BCUT2D eigenvalue weighted by atomic mass is 32.1. The van der Waals surface area contributed by atoms with E-state index in [0.29, 0.717) is 31.2 Å². The fraction of sp³-hybridized carbons (Fsp3) is 0.222. The molecule has 0 aliphatic rings. The molecule has 0 bridgehead atoms. The molecule has 0 spiro atoms. The number of nitrogens with zero attached hydrogens (tertiary/aromatic N) is 6. The molecule has 0 aliphatic carbocycles. The van der Waals surface area contributed by atoms with E-state index < -0.39 is 0 Å². The summed E-state index contributed by atoms with van der Waals surface area (Å²) in [4.78, 5) is 14.1. The number of nitrogen functional groups attached to an aromatic ring is 1. The predicted octanol–water partition coefficient (Wildman–Crippen LogP) is 2.06. The second-order valence-electron chi connectivity index (χ2n) is 6.20. The standard InChI is InChI=1S/C18H20N8OS/c1-27-5-4-25-10-13(8-23-25)15-9-22-17(19)18(24-15)26(20)11-14-6-12-7-21-3-2-16(12)28-14/h2-3,6-10H,4-5,11,20H2,1H3,(H2,19,22). The van der Waals surface area contributed by atoms with Gasteiger partial charge in [0, 0.05) is 46.2 Å². The third-order valence-electron chi connectivity index (χ3n) is 4.20. The van der Waals surface area contributed by atoms with E-state index in [1.807, 2.05) is 18.5 Å². The van der Waals surface area contributed by atoms with Crippen molar-refractivity contribution in [1.29, 1.82) is 0 Å². The quantitative estimate of drug-likeness (QED) is 0.360. The maximum absolute atomic E-state index is 6.27. The molecule has 4 aromatic rings. The summed E-state index contributed by atoms with van der Waals surface area (Å²) in [6, 6.07) is 4.06. The SMILES string of the molecule is COCCn1cc(-c2cnc(N)c(N(N)Cc3cc4cnccc4s3)n2)cn1. The van der Waals surface area contributed by atoms with Crippen LogP contribution in [0.3, 0.4) is 0 Å². The van der Waals surface area contributed by atoms with Gasteiger partial charge < -0.3 is 10.5 Å². The summed E-state index contributed by atoms with van der Waals surface area (Å²) in [5, 5.41) is 6.91. The van der Waals surface area contributed by atoms with E-state index in [9.17, 15) is 0 Å². The maximum Gasteiger partial charge on any atom is 0.186 e. The molecule has 4 N–H and O–H groups in total. The molecule has 10 heteroatoms. The Morgan fingerprint density at radius 1 is 1.29 bits per heavy atom. The lowest BCUT2D eigenvalue weighted by atomic mass is 10.2. The molecule has 0 amide bonds. The minimum absolute atomic E-state index is 0.279. The Labute approximate surface area is 165 Å². The monoisotopic (exact) mass is 396 g/mol. The van der Waals surface area contributed by atoms with Gasteiger partial charge in [0.25, 0.3) is 0 Å². The van der Waals surface area contributed by atoms with Gasteiger partial charge in [-0.3, -0.25) is 14.7 Å². The van der Waals surface area contributed by atoms with Crippen LogP contribution in [0.4, 0.5) is 11.6 Å². The Morgan fingerprint density at radius 2 is 2.18 bits per heavy atom. The molecule has 0 radical (unpaired) electrons. The summed E-state index contributed by atoms with van der Waals surface area (Å²) in [5.74, 6) is 6.98. The van der Waals surface area contributed by atoms with Crippen LogP contribution in [-0.4, -0.2) is 38.4 Å². The molecule has 4 rings (SSSR count). The van der Waals surface area contributed by atoms with Gasteiger partial charge in [0.05, 0.1) is 37.8 Å². The summed E-state index contributed by atoms with van der Waals surface area (Å²) >= 11 is 1.66. The van der Waals surface area contributed by atoms with Crippen LogP contribution >= 0.6 is 11.3 Å². The Morgan fingerprint density at radius 3 is 3.00 bits per heavy atom. The first-order valence-electron chi connectivity index (χ1n) is 8.63. The van der Waals surface area contributed by atoms with Gasteiger partial charge in [-0.15, -0.1) is 11.3 Å². The normalized spacial score (nSPS) is 11.2. The molecule has 0 saturated heterocycles. The van der Waals surface area contributed by atoms with E-state index in [0.717, 1.165) is 20.5 Å². The fourth-order valence-electron chi connectivity index (χ4n) is 2.80. The Bertz CT molecular complexity index is 1060. The van der Waals surface area contributed by atoms with Crippen LogP contribution in [0, 0.1) is 0 Å². The van der Waals surface area contributed by atoms with Crippen molar-refractivity contribution in [1.82, 2.24) is 24.7 Å². The number of ether oxygens (including phenoxy) is 1. The first-order valence-corrected chi connectivity index (χ1v) is 9.44. The largest absolute Gasteiger partial charge is 0.383 e. The number of thiophene rings is 1. The number of nitrogens with two attached hydrogens (primary N) is 2. The van der Waals surface area contributed by atoms with E-state index >= 15 is 0 Å². The number of rotatable bonds is 7. The van der Waals surface area contributed by atoms with Gasteiger partial charge in [0.15, 0.2) is 11.6 Å². The summed E-state index contributed by atoms with van der Waals surface area (Å²) in [6.07, 6.45) is 8.87. The molecule has 0 saturated carbocycles. The number of hydrogen-bond acceptors (Lipinski definition) is 9. The smallest absolute Gasteiger partial charge is 0.186 e. The second-order valence-corrected chi connectivity index (χ2v) is 7.37. The average Bonchev–Trinajstić information content (AvgIpc) is 3.33. The molecule has 144 valence electrons. The van der Waals surface area contributed by atoms with Crippen LogP contribution in [0.5, 0.6) is 0 Å². The summed E-state index contributed by atoms with van der Waals surface area (Å²) in [6.45, 7) is 1.71. The molecule has 28 heavy (non-hydrogen) atoms. The topological polar surface area (TPSA) is 121 Å². The van der Waals surface area contributed by atoms with Crippen molar-refractivity contribution in [3.8, 4) is 11.3 Å². The van der Waals surface area contributed by atoms with Crippen molar-refractivity contribution >= 4 is 33.1 Å². The van der Waals surface area contributed by atoms with Crippen molar-refractivity contribution in [3.63, 3.8) is 0 Å². The molecule has 4 heterocycles. The number of hydrazine groups is 1. The highest BCUT2D eigenvalue weighted by Crippen LogP contribution is 2.28. The van der Waals surface area contributed by atoms with Gasteiger partial charge in [-0.25, -0.2) is 15.8 Å². The Hall–Kier alpha value is -3.08. The van der Waals surface area contributed by atoms with E-state index in [1.54, 1.807) is 41.7 Å². The third kappa shape index (κ3) is 3.79. The van der Waals surface area contributed by atoms with Crippen molar-refractivity contribution in [2.75, 3.05) is 24.5 Å². The third-order valence-corrected chi connectivity index (χ3v) is 5.30. The Kier molecular flexibility index (Phi) is 5.15. The summed E-state index contributed by atoms with van der Waals surface area (Å²) in [5.41, 5.74) is 7.52. The summed E-state index contributed by atoms with van der Waals surface area (Å²) < 4.78 is 8.03. The number of fused-ring (bicyclic) bond motifs is 1. The highest BCUT2D eigenvalue weighted by Gasteiger charge is 2.14. The van der Waals surface area contributed by atoms with E-state index in [4.69, 9.17) is 16.3 Å². The molecule has 9 nitrogen and oxygen atoms in total. The lowest BCUT2D eigenvalue weighted by Crippen LogP contribution is -2.31. The van der Waals surface area contributed by atoms with E-state index in [-0.39, 0.29) is 5.82 Å². The van der Waals surface area contributed by atoms with Gasteiger partial charge in [-0.1, -0.05) is 0 Å². The van der Waals surface area contributed by atoms with Crippen LogP contribution in [0.1, 0.15) is 4.88 Å². The first-order chi connectivity index (χ1) is 13.6. The van der Waals surface area contributed by atoms with Crippen molar-refractivity contribution < 1.29 is 4.74 Å². The number of pyridine rings is 1. The molecule has 0 aromatic carbocycles. The van der Waals surface area contributed by atoms with E-state index in [1.165, 1.54) is 5.01 Å². The van der Waals surface area contributed by atoms with Crippen molar-refractivity contribution in [3.05, 3.63) is 48.0 Å². The van der Waals surface area contributed by atoms with Crippen molar-refractivity contribution in [2.45, 2.75) is 13.1 Å². The molecule has 0 fully saturated rings. The lowest BCUT2D eigenvalue weighted by Gasteiger charge is -2.18. The molecule has 0 atom stereocenters. The van der Waals surface area contributed by atoms with Gasteiger partial charge >= 0.3 is 0 Å². The maximum atomic E-state index is 6.27. The van der Waals surface area contributed by atoms with Crippen LogP contribution in [0.2, 0.25) is 0 Å². The van der Waals surface area contributed by atoms with Gasteiger partial charge in [-0.05, 0) is 12.1 Å². The van der Waals surface area contributed by atoms with Crippen molar-refractivity contribution in [2.24, 2.45) is 5.84 Å². The van der Waals surface area contributed by atoms with Gasteiger partial charge in [-0.2, -0.15) is 5.10 Å². The predicted molar refractivity (Wildman–Crippen MR) is 110 cm³/mol. The molecular formula is C18H20N8OS. The van der Waals surface area contributed by atoms with Crippen LogP contribution in [0.15, 0.2) is 43.1 Å². The van der Waals surface area contributed by atoms with Crippen LogP contribution < -0.4 is 16.6 Å². The lowest BCUT2D eigenvalue weighted by molar-refractivity contribution is 0.183. The first kappa shape index (κ1) is 18.3. The number of hydrogen-bond donors (Lipinski definition) is 2. The molecule has 0 unspecified atom stereocenters. The highest BCUT2D eigenvalue weighted by molar-refractivity contribution is 7.19. The number of methoxy groups -OCH3 is 1. The minimum atomic E-state index is 0.279. The molecular weight excluding hydrogens is 376 g/mol. The zero-order chi connectivity index (χ0) is 19.5. The Balaban J connectivity index is 1.56.